The van der Waals surface area contributed by atoms with Gasteiger partial charge in [0.15, 0.2) is 0 Å². The first-order chi connectivity index (χ1) is 9.36. The normalized spacial score (nSPS) is 9.85. The number of nitro benzene ring substituents is 1. The van der Waals surface area contributed by atoms with E-state index in [1.165, 1.54) is 18.2 Å². The Hall–Kier alpha value is -2.70. The van der Waals surface area contributed by atoms with Gasteiger partial charge in [-0.1, -0.05) is 12.1 Å². The van der Waals surface area contributed by atoms with Gasteiger partial charge in [0.05, 0.1) is 4.92 Å². The van der Waals surface area contributed by atoms with Crippen LogP contribution in [0.4, 0.5) is 5.69 Å². The summed E-state index contributed by atoms with van der Waals surface area (Å²) < 4.78 is 0. The number of hydrogen-bond donors (Lipinski definition) is 1. The van der Waals surface area contributed by atoms with Gasteiger partial charge < -0.3 is 10.0 Å². The standard InChI is InChI=1S/C13H14N2O5/c1-3-6-14(8-12(16)17)13(18)11-7-10(15(19)20)5-4-9(11)2/h3-5,7H,1,6,8H2,2H3,(H,16,17). The maximum Gasteiger partial charge on any atom is 0.323 e. The van der Waals surface area contributed by atoms with Gasteiger partial charge in [0.1, 0.15) is 6.54 Å². The molecule has 1 aromatic carbocycles. The predicted molar refractivity (Wildman–Crippen MR) is 71.6 cm³/mol. The summed E-state index contributed by atoms with van der Waals surface area (Å²) in [6.07, 6.45) is 1.40. The minimum Gasteiger partial charge on any atom is -0.480 e. The topological polar surface area (TPSA) is 101 Å². The molecule has 20 heavy (non-hydrogen) atoms. The van der Waals surface area contributed by atoms with Crippen LogP contribution in [0.2, 0.25) is 0 Å². The summed E-state index contributed by atoms with van der Waals surface area (Å²) in [6.45, 7) is 4.64. The van der Waals surface area contributed by atoms with Crippen LogP contribution in [0.15, 0.2) is 30.9 Å². The average Bonchev–Trinajstić information content (AvgIpc) is 2.37. The fourth-order valence-corrected chi connectivity index (χ4v) is 1.66. The third-order valence-corrected chi connectivity index (χ3v) is 2.63. The van der Waals surface area contributed by atoms with Crippen molar-refractivity contribution in [1.29, 1.82) is 0 Å². The molecule has 1 amide bonds. The van der Waals surface area contributed by atoms with Crippen molar-refractivity contribution in [3.8, 4) is 0 Å². The molecule has 106 valence electrons. The summed E-state index contributed by atoms with van der Waals surface area (Å²) in [7, 11) is 0. The van der Waals surface area contributed by atoms with Crippen molar-refractivity contribution in [2.75, 3.05) is 13.1 Å². The minimum absolute atomic E-state index is 0.0489. The molecular formula is C13H14N2O5. The molecule has 1 N–H and O–H groups in total. The van der Waals surface area contributed by atoms with E-state index in [4.69, 9.17) is 5.11 Å². The quantitative estimate of drug-likeness (QED) is 0.484. The average molecular weight is 278 g/mol. The second-order valence-electron chi connectivity index (χ2n) is 4.12. The number of aryl methyl sites for hydroxylation is 1. The molecule has 0 radical (unpaired) electrons. The number of amides is 1. The summed E-state index contributed by atoms with van der Waals surface area (Å²) in [5, 5.41) is 19.5. The predicted octanol–water partition coefficient (Wildman–Crippen LogP) is 1.62. The number of benzene rings is 1. The van der Waals surface area contributed by atoms with E-state index in [9.17, 15) is 19.7 Å². The zero-order valence-electron chi connectivity index (χ0n) is 10.9. The van der Waals surface area contributed by atoms with Gasteiger partial charge in [-0.3, -0.25) is 19.7 Å². The van der Waals surface area contributed by atoms with E-state index in [0.717, 1.165) is 11.0 Å². The van der Waals surface area contributed by atoms with Gasteiger partial charge >= 0.3 is 5.97 Å². The highest BCUT2D eigenvalue weighted by Gasteiger charge is 2.21. The van der Waals surface area contributed by atoms with Crippen LogP contribution in [-0.2, 0) is 4.79 Å². The number of hydrogen-bond acceptors (Lipinski definition) is 4. The maximum absolute atomic E-state index is 12.3. The highest BCUT2D eigenvalue weighted by molar-refractivity contribution is 5.97. The Balaban J connectivity index is 3.16. The number of aliphatic carboxylic acids is 1. The second kappa shape index (κ2) is 6.46. The number of carbonyl (C=O) groups excluding carboxylic acids is 1. The number of carboxylic acids is 1. The van der Waals surface area contributed by atoms with Crippen molar-refractivity contribution in [3.05, 3.63) is 52.1 Å². The Morgan fingerprint density at radius 2 is 2.15 bits per heavy atom. The fraction of sp³-hybridized carbons (Fsp3) is 0.231. The Morgan fingerprint density at radius 3 is 2.65 bits per heavy atom. The Kier molecular flexibility index (Phi) is 4.96. The van der Waals surface area contributed by atoms with Crippen LogP contribution >= 0.6 is 0 Å². The van der Waals surface area contributed by atoms with Crippen molar-refractivity contribution in [3.63, 3.8) is 0 Å². The van der Waals surface area contributed by atoms with Crippen LogP contribution < -0.4 is 0 Å². The lowest BCUT2D eigenvalue weighted by atomic mass is 10.1. The van der Waals surface area contributed by atoms with E-state index in [1.54, 1.807) is 6.92 Å². The molecule has 0 saturated carbocycles. The number of rotatable bonds is 6. The Morgan fingerprint density at radius 1 is 1.50 bits per heavy atom. The molecule has 0 aliphatic carbocycles. The molecule has 7 heteroatoms. The van der Waals surface area contributed by atoms with Crippen LogP contribution in [0.25, 0.3) is 0 Å². The number of nitrogens with zero attached hydrogens (tertiary/aromatic N) is 2. The van der Waals surface area contributed by atoms with Crippen molar-refractivity contribution >= 4 is 17.6 Å². The monoisotopic (exact) mass is 278 g/mol. The molecule has 0 saturated heterocycles. The summed E-state index contributed by atoms with van der Waals surface area (Å²) >= 11 is 0. The first kappa shape index (κ1) is 15.4. The molecule has 0 unspecified atom stereocenters. The highest BCUT2D eigenvalue weighted by Crippen LogP contribution is 2.19. The van der Waals surface area contributed by atoms with Gasteiger partial charge in [-0.2, -0.15) is 0 Å². The Bertz CT molecular complexity index is 568. The van der Waals surface area contributed by atoms with E-state index in [1.807, 2.05) is 0 Å². The summed E-state index contributed by atoms with van der Waals surface area (Å²) in [5.41, 5.74) is 0.440. The van der Waals surface area contributed by atoms with E-state index in [-0.39, 0.29) is 17.8 Å². The zero-order chi connectivity index (χ0) is 15.3. The Labute approximate surface area is 115 Å². The van der Waals surface area contributed by atoms with Gasteiger partial charge in [0.25, 0.3) is 11.6 Å². The molecular weight excluding hydrogens is 264 g/mol. The first-order valence-corrected chi connectivity index (χ1v) is 5.73. The van der Waals surface area contributed by atoms with Crippen molar-refractivity contribution < 1.29 is 19.6 Å². The fourth-order valence-electron chi connectivity index (χ4n) is 1.66. The molecule has 1 aromatic rings. The van der Waals surface area contributed by atoms with Gasteiger partial charge in [-0.25, -0.2) is 0 Å². The van der Waals surface area contributed by atoms with Crippen molar-refractivity contribution in [1.82, 2.24) is 4.90 Å². The SMILES string of the molecule is C=CCN(CC(=O)O)C(=O)c1cc([N+](=O)[O-])ccc1C. The van der Waals surface area contributed by atoms with Crippen molar-refractivity contribution in [2.24, 2.45) is 0 Å². The van der Waals surface area contributed by atoms with Crippen LogP contribution in [0.3, 0.4) is 0 Å². The molecule has 0 bridgehead atoms. The van der Waals surface area contributed by atoms with Crippen LogP contribution in [0, 0.1) is 17.0 Å². The number of carbonyl (C=O) groups is 2. The third-order valence-electron chi connectivity index (χ3n) is 2.63. The second-order valence-corrected chi connectivity index (χ2v) is 4.12. The van der Waals surface area contributed by atoms with E-state index >= 15 is 0 Å². The van der Waals surface area contributed by atoms with Crippen molar-refractivity contribution in [2.45, 2.75) is 6.92 Å². The van der Waals surface area contributed by atoms with Gasteiger partial charge in [0.2, 0.25) is 0 Å². The smallest absolute Gasteiger partial charge is 0.323 e. The minimum atomic E-state index is -1.16. The highest BCUT2D eigenvalue weighted by atomic mass is 16.6. The summed E-state index contributed by atoms with van der Waals surface area (Å²) in [5.74, 6) is -1.74. The van der Waals surface area contributed by atoms with E-state index in [2.05, 4.69) is 6.58 Å². The number of carboxylic acid groups (broad SMARTS) is 1. The van der Waals surface area contributed by atoms with Gasteiger partial charge in [0, 0.05) is 24.2 Å². The van der Waals surface area contributed by atoms with Crippen LogP contribution in [0.5, 0.6) is 0 Å². The van der Waals surface area contributed by atoms with Gasteiger partial charge in [-0.15, -0.1) is 6.58 Å². The summed E-state index contributed by atoms with van der Waals surface area (Å²) in [6, 6.07) is 3.90. The lowest BCUT2D eigenvalue weighted by Gasteiger charge is -2.19. The molecule has 0 atom stereocenters. The molecule has 7 nitrogen and oxygen atoms in total. The lowest BCUT2D eigenvalue weighted by molar-refractivity contribution is -0.384. The molecule has 0 spiro atoms. The summed E-state index contributed by atoms with van der Waals surface area (Å²) in [4.78, 5) is 34.2. The molecule has 0 aliphatic heterocycles. The third kappa shape index (κ3) is 3.64. The molecule has 0 aliphatic rings. The molecule has 1 rings (SSSR count). The van der Waals surface area contributed by atoms with Crippen LogP contribution in [-0.4, -0.2) is 39.9 Å². The number of non-ortho nitro benzene ring substituents is 1. The molecule has 0 fully saturated rings. The maximum atomic E-state index is 12.3. The molecule has 0 heterocycles. The first-order valence-electron chi connectivity index (χ1n) is 5.73. The number of nitro groups is 1. The lowest BCUT2D eigenvalue weighted by Crippen LogP contribution is -2.36. The zero-order valence-corrected chi connectivity index (χ0v) is 10.9. The van der Waals surface area contributed by atoms with Gasteiger partial charge in [-0.05, 0) is 12.5 Å². The van der Waals surface area contributed by atoms with Crippen LogP contribution in [0.1, 0.15) is 15.9 Å². The van der Waals surface area contributed by atoms with E-state index < -0.39 is 23.3 Å². The molecule has 0 aromatic heterocycles. The van der Waals surface area contributed by atoms with E-state index in [0.29, 0.717) is 5.56 Å². The largest absolute Gasteiger partial charge is 0.480 e.